The van der Waals surface area contributed by atoms with Gasteiger partial charge in [-0.05, 0) is 43.0 Å². The topological polar surface area (TPSA) is 35.8 Å². The molecule has 1 N–H and O–H groups in total. The van der Waals surface area contributed by atoms with Crippen molar-refractivity contribution in [2.75, 3.05) is 6.54 Å². The van der Waals surface area contributed by atoms with Crippen LogP contribution in [0.5, 0.6) is 0 Å². The minimum Gasteiger partial charge on any atom is -0.313 e. The molecule has 0 spiro atoms. The van der Waals surface area contributed by atoms with Gasteiger partial charge in [-0.3, -0.25) is 0 Å². The number of nitriles is 1. The lowest BCUT2D eigenvalue weighted by molar-refractivity contribution is 0.591. The third kappa shape index (κ3) is 3.83. The van der Waals surface area contributed by atoms with E-state index in [1.807, 2.05) is 6.07 Å². The maximum atomic E-state index is 13.1. The zero-order valence-electron chi connectivity index (χ0n) is 9.88. The SMILES string of the molecule is N#Cc1cc(CNCCCC2CC2)ccc1F. The molecule has 1 aliphatic rings. The highest BCUT2D eigenvalue weighted by Gasteiger charge is 2.19. The second kappa shape index (κ2) is 5.79. The zero-order valence-corrected chi connectivity index (χ0v) is 9.88. The van der Waals surface area contributed by atoms with Crippen molar-refractivity contribution in [1.29, 1.82) is 5.26 Å². The van der Waals surface area contributed by atoms with Gasteiger partial charge in [0.05, 0.1) is 5.56 Å². The van der Waals surface area contributed by atoms with E-state index in [1.54, 1.807) is 12.1 Å². The smallest absolute Gasteiger partial charge is 0.140 e. The minimum atomic E-state index is -0.440. The molecular weight excluding hydrogens is 215 g/mol. The predicted molar refractivity (Wildman–Crippen MR) is 64.8 cm³/mol. The number of hydrogen-bond acceptors (Lipinski definition) is 2. The molecule has 1 aromatic carbocycles. The van der Waals surface area contributed by atoms with Gasteiger partial charge in [-0.15, -0.1) is 0 Å². The molecule has 0 amide bonds. The van der Waals surface area contributed by atoms with Crippen LogP contribution in [0.2, 0.25) is 0 Å². The van der Waals surface area contributed by atoms with Crippen molar-refractivity contribution in [3.63, 3.8) is 0 Å². The van der Waals surface area contributed by atoms with Crippen molar-refractivity contribution < 1.29 is 4.39 Å². The van der Waals surface area contributed by atoms with Crippen molar-refractivity contribution in [2.45, 2.75) is 32.2 Å². The third-order valence-electron chi connectivity index (χ3n) is 3.14. The Labute approximate surface area is 101 Å². The number of nitrogens with one attached hydrogen (secondary N) is 1. The third-order valence-corrected chi connectivity index (χ3v) is 3.14. The van der Waals surface area contributed by atoms with Gasteiger partial charge in [0.25, 0.3) is 0 Å². The van der Waals surface area contributed by atoms with Crippen LogP contribution in [0.25, 0.3) is 0 Å². The minimum absolute atomic E-state index is 0.127. The second-order valence-electron chi connectivity index (χ2n) is 4.69. The van der Waals surface area contributed by atoms with Crippen LogP contribution in [0.3, 0.4) is 0 Å². The monoisotopic (exact) mass is 232 g/mol. The highest BCUT2D eigenvalue weighted by molar-refractivity contribution is 5.34. The summed E-state index contributed by atoms with van der Waals surface area (Å²) in [5, 5.41) is 12.0. The molecular formula is C14H17FN2. The molecule has 2 rings (SSSR count). The Balaban J connectivity index is 1.72. The molecule has 1 saturated carbocycles. The Hall–Kier alpha value is -1.40. The average molecular weight is 232 g/mol. The molecule has 1 aromatic rings. The summed E-state index contributed by atoms with van der Waals surface area (Å²) in [5.41, 5.74) is 1.09. The largest absolute Gasteiger partial charge is 0.313 e. The van der Waals surface area contributed by atoms with Crippen LogP contribution >= 0.6 is 0 Å². The summed E-state index contributed by atoms with van der Waals surface area (Å²) in [4.78, 5) is 0. The highest BCUT2D eigenvalue weighted by atomic mass is 19.1. The van der Waals surface area contributed by atoms with Crippen molar-refractivity contribution in [3.8, 4) is 6.07 Å². The van der Waals surface area contributed by atoms with E-state index in [4.69, 9.17) is 5.26 Å². The molecule has 2 nitrogen and oxygen atoms in total. The van der Waals surface area contributed by atoms with E-state index in [-0.39, 0.29) is 5.56 Å². The molecule has 90 valence electrons. The maximum Gasteiger partial charge on any atom is 0.140 e. The molecule has 0 unspecified atom stereocenters. The first kappa shape index (κ1) is 12.1. The molecule has 0 bridgehead atoms. The van der Waals surface area contributed by atoms with Crippen LogP contribution in [-0.2, 0) is 6.54 Å². The van der Waals surface area contributed by atoms with Gasteiger partial charge in [-0.25, -0.2) is 4.39 Å². The molecule has 0 radical (unpaired) electrons. The van der Waals surface area contributed by atoms with Gasteiger partial charge in [-0.1, -0.05) is 18.9 Å². The lowest BCUT2D eigenvalue weighted by atomic mass is 10.1. The lowest BCUT2D eigenvalue weighted by Gasteiger charge is -2.05. The first-order valence-corrected chi connectivity index (χ1v) is 6.19. The summed E-state index contributed by atoms with van der Waals surface area (Å²) in [6.45, 7) is 1.70. The van der Waals surface area contributed by atoms with Gasteiger partial charge >= 0.3 is 0 Å². The first-order chi connectivity index (χ1) is 8.29. The fraction of sp³-hybridized carbons (Fsp3) is 0.500. The zero-order chi connectivity index (χ0) is 12.1. The Morgan fingerprint density at radius 2 is 2.24 bits per heavy atom. The van der Waals surface area contributed by atoms with E-state index in [2.05, 4.69) is 5.32 Å². The van der Waals surface area contributed by atoms with Gasteiger partial charge in [-0.2, -0.15) is 5.26 Å². The van der Waals surface area contributed by atoms with Crippen molar-refractivity contribution in [3.05, 3.63) is 35.1 Å². The van der Waals surface area contributed by atoms with Crippen LogP contribution in [0.15, 0.2) is 18.2 Å². The van der Waals surface area contributed by atoms with Crippen molar-refractivity contribution in [2.24, 2.45) is 5.92 Å². The summed E-state index contributed by atoms with van der Waals surface area (Å²) in [5.74, 6) is 0.540. The van der Waals surface area contributed by atoms with Crippen LogP contribution < -0.4 is 5.32 Å². The maximum absolute atomic E-state index is 13.1. The molecule has 0 aliphatic heterocycles. The van der Waals surface area contributed by atoms with Gasteiger partial charge in [0.15, 0.2) is 0 Å². The molecule has 17 heavy (non-hydrogen) atoms. The van der Waals surface area contributed by atoms with E-state index in [9.17, 15) is 4.39 Å². The molecule has 3 heteroatoms. The van der Waals surface area contributed by atoms with Crippen molar-refractivity contribution >= 4 is 0 Å². The van der Waals surface area contributed by atoms with Crippen molar-refractivity contribution in [1.82, 2.24) is 5.32 Å². The first-order valence-electron chi connectivity index (χ1n) is 6.19. The number of benzene rings is 1. The van der Waals surface area contributed by atoms with Gasteiger partial charge in [0, 0.05) is 6.54 Å². The standard InChI is InChI=1S/C14H17FN2/c15-14-6-5-12(8-13(14)9-16)10-17-7-1-2-11-3-4-11/h5-6,8,11,17H,1-4,7,10H2. The average Bonchev–Trinajstić information content (AvgIpc) is 3.15. The predicted octanol–water partition coefficient (Wildman–Crippen LogP) is 2.98. The van der Waals surface area contributed by atoms with E-state index in [0.717, 1.165) is 18.0 Å². The van der Waals surface area contributed by atoms with Crippen LogP contribution in [0, 0.1) is 23.1 Å². The molecule has 0 heterocycles. The van der Waals surface area contributed by atoms with Crippen LogP contribution in [0.4, 0.5) is 4.39 Å². The molecule has 0 atom stereocenters. The number of rotatable bonds is 6. The van der Waals surface area contributed by atoms with Crippen LogP contribution in [-0.4, -0.2) is 6.54 Å². The van der Waals surface area contributed by atoms with Gasteiger partial charge in [0.1, 0.15) is 11.9 Å². The second-order valence-corrected chi connectivity index (χ2v) is 4.69. The van der Waals surface area contributed by atoms with E-state index >= 15 is 0 Å². The molecule has 1 fully saturated rings. The quantitative estimate of drug-likeness (QED) is 0.765. The number of hydrogen-bond donors (Lipinski definition) is 1. The van der Waals surface area contributed by atoms with E-state index in [1.165, 1.54) is 31.7 Å². The lowest BCUT2D eigenvalue weighted by Crippen LogP contribution is -2.15. The molecule has 0 saturated heterocycles. The normalized spacial score (nSPS) is 14.6. The van der Waals surface area contributed by atoms with Gasteiger partial charge in [0.2, 0.25) is 0 Å². The summed E-state index contributed by atoms with van der Waals surface area (Å²) in [7, 11) is 0. The fourth-order valence-electron chi connectivity index (χ4n) is 1.92. The Kier molecular flexibility index (Phi) is 4.11. The Morgan fingerprint density at radius 1 is 1.41 bits per heavy atom. The van der Waals surface area contributed by atoms with E-state index < -0.39 is 5.82 Å². The summed E-state index contributed by atoms with van der Waals surface area (Å²) >= 11 is 0. The molecule has 1 aliphatic carbocycles. The molecule has 0 aromatic heterocycles. The Bertz CT molecular complexity index is 419. The summed E-state index contributed by atoms with van der Waals surface area (Å²) < 4.78 is 13.1. The fourth-order valence-corrected chi connectivity index (χ4v) is 1.92. The number of halogens is 1. The summed E-state index contributed by atoms with van der Waals surface area (Å²) in [6.07, 6.45) is 5.34. The van der Waals surface area contributed by atoms with E-state index in [0.29, 0.717) is 6.54 Å². The number of nitrogens with zero attached hydrogens (tertiary/aromatic N) is 1. The Morgan fingerprint density at radius 3 is 2.94 bits per heavy atom. The van der Waals surface area contributed by atoms with Crippen LogP contribution in [0.1, 0.15) is 36.8 Å². The van der Waals surface area contributed by atoms with Gasteiger partial charge < -0.3 is 5.32 Å². The highest BCUT2D eigenvalue weighted by Crippen LogP contribution is 2.33. The summed E-state index contributed by atoms with van der Waals surface area (Å²) in [6, 6.07) is 6.56.